The molecule has 0 radical (unpaired) electrons. The van der Waals surface area contributed by atoms with Crippen LogP contribution in [-0.2, 0) is 19.1 Å². The van der Waals surface area contributed by atoms with Crippen molar-refractivity contribution < 1.29 is 38.1 Å². The standard InChI is InChI=1S/2C26H26FN3O3/c2*1-14-8-19(2-3-21(14)27)30-23-11-18-13-28-29-22(18)12-20(23)24(16-9-17(10-16)26(31)32)25(30)15-4-6-33-7-5-15/h2*2-3,8,11-13,15-17H,4-7,9-10H2,1H3,(H,28,29)(H,31,32). The highest BCUT2D eigenvalue weighted by Crippen LogP contribution is 2.52. The van der Waals surface area contributed by atoms with Crippen molar-refractivity contribution in [3.8, 4) is 11.4 Å². The maximum absolute atomic E-state index is 14.2. The lowest BCUT2D eigenvalue weighted by atomic mass is 9.69. The number of carboxylic acid groups (broad SMARTS) is 2. The number of nitrogens with zero attached hydrogens (tertiary/aromatic N) is 4. The van der Waals surface area contributed by atoms with Crippen LogP contribution < -0.4 is 0 Å². The third-order valence-corrected chi connectivity index (χ3v) is 15.0. The fraction of sp³-hybridized carbons (Fsp3) is 0.385. The molecular weight excluding hydrogens is 843 g/mol. The predicted molar refractivity (Wildman–Crippen MR) is 247 cm³/mol. The monoisotopic (exact) mass is 894 g/mol. The van der Waals surface area contributed by atoms with Crippen molar-refractivity contribution in [2.75, 3.05) is 26.4 Å². The number of fused-ring (bicyclic) bond motifs is 4. The van der Waals surface area contributed by atoms with Gasteiger partial charge in [-0.25, -0.2) is 8.78 Å². The molecule has 0 unspecified atom stereocenters. The van der Waals surface area contributed by atoms with Crippen LogP contribution in [0, 0.1) is 37.3 Å². The first-order valence-electron chi connectivity index (χ1n) is 23.2. The summed E-state index contributed by atoms with van der Waals surface area (Å²) < 4.78 is 44.2. The first kappa shape index (κ1) is 42.3. The molecule has 0 bridgehead atoms. The average Bonchev–Trinajstić information content (AvgIpc) is 4.08. The summed E-state index contributed by atoms with van der Waals surface area (Å²) in [6.45, 7) is 6.42. The highest BCUT2D eigenvalue weighted by Gasteiger charge is 2.42. The summed E-state index contributed by atoms with van der Waals surface area (Å²) in [4.78, 5) is 23.1. The van der Waals surface area contributed by atoms with E-state index >= 15 is 0 Å². The zero-order valence-corrected chi connectivity index (χ0v) is 36.9. The van der Waals surface area contributed by atoms with Crippen molar-refractivity contribution in [1.82, 2.24) is 29.5 Å². The SMILES string of the molecule is Cc1cc(-n2c(C3CCOCC3)c(C3CC(C(=O)O)C3)c3cc4[nH]ncc4cc32)ccc1F.Cc1cc(-n2c(C3CCOCC3)c(C3CC(C(=O)O)C3)c3cc4[nH]ncc4cc32)ccc1F. The Labute approximate surface area is 378 Å². The number of halogens is 2. The topological polar surface area (TPSA) is 160 Å². The fourth-order valence-corrected chi connectivity index (χ4v) is 11.3. The zero-order chi connectivity index (χ0) is 45.4. The number of aromatic nitrogens is 6. The molecule has 12 nitrogen and oxygen atoms in total. The van der Waals surface area contributed by atoms with Gasteiger partial charge in [-0.3, -0.25) is 19.8 Å². The molecule has 12 rings (SSSR count). The van der Waals surface area contributed by atoms with Gasteiger partial charge in [0.05, 0.1) is 46.3 Å². The molecule has 4 fully saturated rings. The van der Waals surface area contributed by atoms with E-state index in [0.29, 0.717) is 75.1 Å². The second kappa shape index (κ2) is 16.8. The van der Waals surface area contributed by atoms with Crippen LogP contribution >= 0.6 is 0 Å². The van der Waals surface area contributed by atoms with Crippen molar-refractivity contribution in [2.45, 2.75) is 88.9 Å². The molecule has 8 aromatic rings. The molecular formula is C52H52F2N6O6. The molecule has 2 saturated heterocycles. The van der Waals surface area contributed by atoms with Crippen molar-refractivity contribution in [2.24, 2.45) is 11.8 Å². The Morgan fingerprint density at radius 3 is 1.35 bits per heavy atom. The molecule has 6 heterocycles. The molecule has 2 aliphatic carbocycles. The molecule has 0 spiro atoms. The minimum atomic E-state index is -0.715. The lowest BCUT2D eigenvalue weighted by molar-refractivity contribution is -0.146. The number of aromatic amines is 2. The van der Waals surface area contributed by atoms with E-state index < -0.39 is 11.9 Å². The van der Waals surface area contributed by atoms with Crippen molar-refractivity contribution >= 4 is 55.6 Å². The van der Waals surface area contributed by atoms with E-state index in [0.717, 1.165) is 80.7 Å². The number of hydrogen-bond donors (Lipinski definition) is 4. The number of nitrogens with one attached hydrogen (secondary N) is 2. The predicted octanol–water partition coefficient (Wildman–Crippen LogP) is 10.9. The van der Waals surface area contributed by atoms with Crippen LogP contribution in [0.15, 0.2) is 73.1 Å². The fourth-order valence-electron chi connectivity index (χ4n) is 11.3. The van der Waals surface area contributed by atoms with Gasteiger partial charge in [-0.15, -0.1) is 0 Å². The lowest BCUT2D eigenvalue weighted by Crippen LogP contribution is -2.30. The molecule has 4 aliphatic rings. The molecule has 4 N–H and O–H groups in total. The molecule has 4 aromatic carbocycles. The largest absolute Gasteiger partial charge is 0.481 e. The van der Waals surface area contributed by atoms with Crippen LogP contribution in [0.1, 0.15) is 109 Å². The molecule has 0 amide bonds. The van der Waals surface area contributed by atoms with E-state index in [9.17, 15) is 28.6 Å². The summed E-state index contributed by atoms with van der Waals surface area (Å²) in [6, 6.07) is 19.1. The average molecular weight is 895 g/mol. The Balaban J connectivity index is 0.000000146. The number of aryl methyl sites for hydroxylation is 2. The van der Waals surface area contributed by atoms with Crippen molar-refractivity contribution in [3.63, 3.8) is 0 Å². The molecule has 0 atom stereocenters. The summed E-state index contributed by atoms with van der Waals surface area (Å²) in [5, 5.41) is 37.9. The molecule has 340 valence electrons. The van der Waals surface area contributed by atoms with Crippen LogP contribution in [0.5, 0.6) is 0 Å². The number of hydrogen-bond acceptors (Lipinski definition) is 6. The number of benzene rings is 4. The van der Waals surface area contributed by atoms with Crippen LogP contribution in [0.3, 0.4) is 0 Å². The van der Waals surface area contributed by atoms with Crippen LogP contribution in [-0.4, -0.2) is 78.1 Å². The minimum absolute atomic E-state index is 0.189. The van der Waals surface area contributed by atoms with E-state index in [-0.39, 0.29) is 35.3 Å². The Bertz CT molecular complexity index is 2970. The van der Waals surface area contributed by atoms with E-state index in [2.05, 4.69) is 53.8 Å². The van der Waals surface area contributed by atoms with Gasteiger partial charge in [0.15, 0.2) is 0 Å². The third kappa shape index (κ3) is 7.25. The number of carboxylic acids is 2. The Morgan fingerprint density at radius 1 is 0.591 bits per heavy atom. The van der Waals surface area contributed by atoms with E-state index in [1.54, 1.807) is 13.8 Å². The van der Waals surface area contributed by atoms with Gasteiger partial charge in [-0.05, 0) is 160 Å². The quantitative estimate of drug-likeness (QED) is 0.117. The number of aliphatic carboxylic acids is 2. The molecule has 2 aliphatic heterocycles. The Hall–Kier alpha value is -6.38. The zero-order valence-electron chi connectivity index (χ0n) is 36.9. The lowest BCUT2D eigenvalue weighted by Gasteiger charge is -2.35. The number of rotatable bonds is 8. The highest BCUT2D eigenvalue weighted by atomic mass is 19.1. The van der Waals surface area contributed by atoms with Crippen LogP contribution in [0.4, 0.5) is 8.78 Å². The summed E-state index contributed by atoms with van der Waals surface area (Å²) >= 11 is 0. The van der Waals surface area contributed by atoms with Gasteiger partial charge in [0, 0.05) is 82.6 Å². The highest BCUT2D eigenvalue weighted by molar-refractivity contribution is 6.00. The normalized spacial score (nSPS) is 21.5. The van der Waals surface area contributed by atoms with Crippen molar-refractivity contribution in [1.29, 1.82) is 0 Å². The van der Waals surface area contributed by atoms with Crippen molar-refractivity contribution in [3.05, 3.63) is 118 Å². The van der Waals surface area contributed by atoms with Crippen LogP contribution in [0.25, 0.3) is 55.0 Å². The maximum Gasteiger partial charge on any atom is 0.306 e. The van der Waals surface area contributed by atoms with Gasteiger partial charge in [0.1, 0.15) is 11.6 Å². The third-order valence-electron chi connectivity index (χ3n) is 15.0. The summed E-state index contributed by atoms with van der Waals surface area (Å²) in [5.41, 5.74) is 12.1. The van der Waals surface area contributed by atoms with Gasteiger partial charge < -0.3 is 28.8 Å². The minimum Gasteiger partial charge on any atom is -0.481 e. The number of ether oxygens (including phenoxy) is 2. The second-order valence-corrected chi connectivity index (χ2v) is 19.0. The molecule has 66 heavy (non-hydrogen) atoms. The second-order valence-electron chi connectivity index (χ2n) is 19.0. The van der Waals surface area contributed by atoms with E-state index in [4.69, 9.17) is 9.47 Å². The first-order valence-corrected chi connectivity index (χ1v) is 23.2. The van der Waals surface area contributed by atoms with Gasteiger partial charge >= 0.3 is 11.9 Å². The summed E-state index contributed by atoms with van der Waals surface area (Å²) in [5.74, 6) is -1.48. The van der Waals surface area contributed by atoms with Gasteiger partial charge in [0.2, 0.25) is 0 Å². The Morgan fingerprint density at radius 2 is 0.985 bits per heavy atom. The number of H-pyrrole nitrogens is 2. The summed E-state index contributed by atoms with van der Waals surface area (Å²) in [7, 11) is 0. The molecule has 4 aromatic heterocycles. The van der Waals surface area contributed by atoms with E-state index in [1.165, 1.54) is 34.6 Å². The van der Waals surface area contributed by atoms with E-state index in [1.807, 2.05) is 36.7 Å². The first-order chi connectivity index (χ1) is 32.0. The Kier molecular flexibility index (Phi) is 10.8. The van der Waals surface area contributed by atoms with Crippen LogP contribution in [0.2, 0.25) is 0 Å². The van der Waals surface area contributed by atoms with Gasteiger partial charge in [-0.2, -0.15) is 10.2 Å². The van der Waals surface area contributed by atoms with Gasteiger partial charge in [-0.1, -0.05) is 0 Å². The maximum atomic E-state index is 14.2. The summed E-state index contributed by atoms with van der Waals surface area (Å²) in [6.07, 6.45) is 9.88. The molecule has 14 heteroatoms. The molecule has 2 saturated carbocycles. The van der Waals surface area contributed by atoms with Gasteiger partial charge in [0.25, 0.3) is 0 Å². The number of carbonyl (C=O) groups is 2. The smallest absolute Gasteiger partial charge is 0.306 e.